The first-order valence-corrected chi connectivity index (χ1v) is 7.15. The Morgan fingerprint density at radius 1 is 1.25 bits per heavy atom. The maximum atomic E-state index is 4.61. The molecule has 1 fully saturated rings. The summed E-state index contributed by atoms with van der Waals surface area (Å²) in [5.74, 6) is 1.46. The van der Waals surface area contributed by atoms with E-state index in [9.17, 15) is 0 Å². The highest BCUT2D eigenvalue weighted by Gasteiger charge is 2.26. The first-order chi connectivity index (χ1) is 9.61. The van der Waals surface area contributed by atoms with Crippen LogP contribution in [0, 0.1) is 20.8 Å². The summed E-state index contributed by atoms with van der Waals surface area (Å²) < 4.78 is 0. The minimum absolute atomic E-state index is 0.452. The third-order valence-electron chi connectivity index (χ3n) is 3.94. The molecule has 0 aliphatic carbocycles. The molecule has 1 aliphatic rings. The summed E-state index contributed by atoms with van der Waals surface area (Å²) in [4.78, 5) is 19.2. The van der Waals surface area contributed by atoms with Crippen molar-refractivity contribution in [2.75, 3.05) is 13.1 Å². The van der Waals surface area contributed by atoms with E-state index in [1.807, 2.05) is 19.9 Å². The number of hydrogen-bond donors (Lipinski definition) is 1. The molecule has 1 N–H and O–H groups in total. The van der Waals surface area contributed by atoms with E-state index in [1.165, 1.54) is 0 Å². The van der Waals surface area contributed by atoms with Crippen molar-refractivity contribution in [1.82, 2.24) is 24.8 Å². The summed E-state index contributed by atoms with van der Waals surface area (Å²) in [6.45, 7) is 9.18. The van der Waals surface area contributed by atoms with Crippen molar-refractivity contribution in [3.8, 4) is 0 Å². The van der Waals surface area contributed by atoms with Gasteiger partial charge in [0.05, 0.1) is 12.0 Å². The molecular formula is C15H21N5. The molecule has 0 aromatic carbocycles. The van der Waals surface area contributed by atoms with Crippen molar-refractivity contribution in [1.29, 1.82) is 0 Å². The Hall–Kier alpha value is -1.75. The molecule has 2 aromatic rings. The molecule has 5 nitrogen and oxygen atoms in total. The lowest BCUT2D eigenvalue weighted by molar-refractivity contribution is 0.321. The Kier molecular flexibility index (Phi) is 3.53. The molecule has 3 heterocycles. The number of nitrogens with one attached hydrogen (secondary N) is 1. The monoisotopic (exact) mass is 271 g/mol. The smallest absolute Gasteiger partial charge is 0.133 e. The second kappa shape index (κ2) is 5.32. The summed E-state index contributed by atoms with van der Waals surface area (Å²) in [6.07, 6.45) is 2.90. The highest BCUT2D eigenvalue weighted by atomic mass is 15.2. The van der Waals surface area contributed by atoms with Gasteiger partial charge >= 0.3 is 0 Å². The standard InChI is InChI=1S/C15H21N5/c1-10-6-11(2)19-15(18-10)13-4-5-20(7-13)8-14-12(3)16-9-17-14/h6,9,13H,4-5,7-8H2,1-3H3,(H,16,17)/t13-/m0/s1. The molecule has 0 amide bonds. The zero-order valence-electron chi connectivity index (χ0n) is 12.3. The fourth-order valence-corrected chi connectivity index (χ4v) is 2.88. The average Bonchev–Trinajstić information content (AvgIpc) is 2.99. The topological polar surface area (TPSA) is 57.7 Å². The summed E-state index contributed by atoms with van der Waals surface area (Å²) in [5, 5.41) is 0. The number of rotatable bonds is 3. The van der Waals surface area contributed by atoms with Crippen LogP contribution in [0.15, 0.2) is 12.4 Å². The van der Waals surface area contributed by atoms with Crippen molar-refractivity contribution >= 4 is 0 Å². The Bertz CT molecular complexity index is 584. The van der Waals surface area contributed by atoms with Gasteiger partial charge in [-0.1, -0.05) is 0 Å². The van der Waals surface area contributed by atoms with Crippen LogP contribution < -0.4 is 0 Å². The van der Waals surface area contributed by atoms with Crippen molar-refractivity contribution in [2.45, 2.75) is 39.7 Å². The molecule has 1 saturated heterocycles. The van der Waals surface area contributed by atoms with Crippen LogP contribution in [0.5, 0.6) is 0 Å². The Morgan fingerprint density at radius 3 is 2.65 bits per heavy atom. The molecule has 0 saturated carbocycles. The average molecular weight is 271 g/mol. The molecule has 1 aliphatic heterocycles. The van der Waals surface area contributed by atoms with E-state index in [1.54, 1.807) is 6.33 Å². The molecule has 1 atom stereocenters. The van der Waals surface area contributed by atoms with Gasteiger partial charge in [-0.15, -0.1) is 0 Å². The van der Waals surface area contributed by atoms with E-state index >= 15 is 0 Å². The molecule has 0 unspecified atom stereocenters. The zero-order chi connectivity index (χ0) is 14.1. The molecule has 20 heavy (non-hydrogen) atoms. The second-order valence-electron chi connectivity index (χ2n) is 5.70. The van der Waals surface area contributed by atoms with Gasteiger partial charge in [0.25, 0.3) is 0 Å². The molecule has 0 radical (unpaired) electrons. The van der Waals surface area contributed by atoms with Crippen molar-refractivity contribution < 1.29 is 0 Å². The van der Waals surface area contributed by atoms with E-state index in [4.69, 9.17) is 0 Å². The van der Waals surface area contributed by atoms with Crippen molar-refractivity contribution in [2.24, 2.45) is 0 Å². The Balaban J connectivity index is 1.69. The van der Waals surface area contributed by atoms with Gasteiger partial charge in [0.15, 0.2) is 0 Å². The van der Waals surface area contributed by atoms with Gasteiger partial charge in [-0.05, 0) is 39.8 Å². The number of aromatic nitrogens is 4. The number of H-pyrrole nitrogens is 1. The molecule has 0 bridgehead atoms. The fourth-order valence-electron chi connectivity index (χ4n) is 2.88. The lowest BCUT2D eigenvalue weighted by atomic mass is 10.1. The molecule has 5 heteroatoms. The van der Waals surface area contributed by atoms with E-state index in [0.717, 1.165) is 54.7 Å². The van der Waals surface area contributed by atoms with Crippen LogP contribution in [0.1, 0.15) is 40.9 Å². The predicted octanol–water partition coefficient (Wildman–Crippen LogP) is 2.11. The van der Waals surface area contributed by atoms with Crippen LogP contribution in [0.25, 0.3) is 0 Å². The molecule has 106 valence electrons. The minimum Gasteiger partial charge on any atom is -0.348 e. The van der Waals surface area contributed by atoms with E-state index in [0.29, 0.717) is 5.92 Å². The van der Waals surface area contributed by atoms with Crippen molar-refractivity contribution in [3.63, 3.8) is 0 Å². The summed E-state index contributed by atoms with van der Waals surface area (Å²) in [5.41, 5.74) is 4.44. The third kappa shape index (κ3) is 2.72. The summed E-state index contributed by atoms with van der Waals surface area (Å²) >= 11 is 0. The second-order valence-corrected chi connectivity index (χ2v) is 5.70. The van der Waals surface area contributed by atoms with Crippen LogP contribution in [0.3, 0.4) is 0 Å². The largest absolute Gasteiger partial charge is 0.348 e. The minimum atomic E-state index is 0.452. The van der Waals surface area contributed by atoms with Gasteiger partial charge in [0.2, 0.25) is 0 Å². The summed E-state index contributed by atoms with van der Waals surface area (Å²) in [7, 11) is 0. The number of aryl methyl sites for hydroxylation is 3. The van der Waals surface area contributed by atoms with Gasteiger partial charge in [-0.3, -0.25) is 4.90 Å². The third-order valence-corrected chi connectivity index (χ3v) is 3.94. The molecule has 3 rings (SSSR count). The quantitative estimate of drug-likeness (QED) is 0.929. The van der Waals surface area contributed by atoms with E-state index in [-0.39, 0.29) is 0 Å². The normalized spacial score (nSPS) is 19.6. The van der Waals surface area contributed by atoms with Crippen LogP contribution in [0.4, 0.5) is 0 Å². The SMILES string of the molecule is Cc1cc(C)nc([C@H]2CCN(Cc3nc[nH]c3C)C2)n1. The van der Waals surface area contributed by atoms with Gasteiger partial charge < -0.3 is 4.98 Å². The van der Waals surface area contributed by atoms with Crippen molar-refractivity contribution in [3.05, 3.63) is 41.0 Å². The predicted molar refractivity (Wildman–Crippen MR) is 77.5 cm³/mol. The van der Waals surface area contributed by atoms with E-state index in [2.05, 4.69) is 31.8 Å². The Labute approximate surface area is 119 Å². The Morgan fingerprint density at radius 2 is 2.00 bits per heavy atom. The van der Waals surface area contributed by atoms with Gasteiger partial charge in [-0.25, -0.2) is 15.0 Å². The number of hydrogen-bond acceptors (Lipinski definition) is 4. The zero-order valence-corrected chi connectivity index (χ0v) is 12.3. The van der Waals surface area contributed by atoms with Crippen LogP contribution in [0.2, 0.25) is 0 Å². The lowest BCUT2D eigenvalue weighted by Gasteiger charge is -2.15. The number of nitrogens with zero attached hydrogens (tertiary/aromatic N) is 4. The summed E-state index contributed by atoms with van der Waals surface area (Å²) in [6, 6.07) is 2.03. The molecule has 2 aromatic heterocycles. The fraction of sp³-hybridized carbons (Fsp3) is 0.533. The van der Waals surface area contributed by atoms with Crippen LogP contribution >= 0.6 is 0 Å². The van der Waals surface area contributed by atoms with Gasteiger partial charge in [0.1, 0.15) is 5.82 Å². The molecular weight excluding hydrogens is 250 g/mol. The highest BCUT2D eigenvalue weighted by molar-refractivity contribution is 5.13. The maximum Gasteiger partial charge on any atom is 0.133 e. The lowest BCUT2D eigenvalue weighted by Crippen LogP contribution is -2.21. The van der Waals surface area contributed by atoms with Crippen LogP contribution in [-0.2, 0) is 6.54 Å². The maximum absolute atomic E-state index is 4.61. The number of imidazole rings is 1. The van der Waals surface area contributed by atoms with Gasteiger partial charge in [-0.2, -0.15) is 0 Å². The first-order valence-electron chi connectivity index (χ1n) is 7.15. The highest BCUT2D eigenvalue weighted by Crippen LogP contribution is 2.26. The number of aromatic amines is 1. The van der Waals surface area contributed by atoms with Crippen LogP contribution in [-0.4, -0.2) is 37.9 Å². The number of likely N-dealkylation sites (tertiary alicyclic amines) is 1. The first kappa shape index (κ1) is 13.2. The van der Waals surface area contributed by atoms with Gasteiger partial charge in [0, 0.05) is 36.1 Å². The molecule has 0 spiro atoms. The van der Waals surface area contributed by atoms with E-state index < -0.39 is 0 Å².